The largest absolute Gasteiger partial charge is 2.00 e. The first-order valence-electron chi connectivity index (χ1n) is 14.4. The molecule has 0 atom stereocenters. The van der Waals surface area contributed by atoms with Gasteiger partial charge in [0.1, 0.15) is 11.6 Å². The number of hydrogen-bond acceptors (Lipinski definition) is 22. The Hall–Kier alpha value is -2.04. The van der Waals surface area contributed by atoms with E-state index in [1.54, 1.807) is 0 Å². The topological polar surface area (TPSA) is 654 Å². The Morgan fingerprint density at radius 3 is 0.968 bits per heavy atom. The van der Waals surface area contributed by atoms with E-state index in [1.807, 2.05) is 38.4 Å². The van der Waals surface area contributed by atoms with Gasteiger partial charge in [-0.1, -0.05) is 12.1 Å². The summed E-state index contributed by atoms with van der Waals surface area (Å²) in [5.74, 6) is 1.93. The number of aromatic nitrogens is 6. The Bertz CT molecular complexity index is 1430. The second-order valence-electron chi connectivity index (χ2n) is 10.6. The first-order chi connectivity index (χ1) is 24.6. The molecule has 18 N–H and O–H groups in total. The van der Waals surface area contributed by atoms with E-state index in [0.29, 0.717) is 0 Å². The van der Waals surface area contributed by atoms with Crippen LogP contribution in [0.2, 0.25) is 0 Å². The second-order valence-corrected chi connectivity index (χ2v) is 13.6. The van der Waals surface area contributed by atoms with Crippen LogP contribution < -0.4 is 74.5 Å². The van der Waals surface area contributed by atoms with Gasteiger partial charge in [-0.05, 0) is 38.1 Å². The fraction of sp³-hybridized carbons (Fsp3) is 0.385. The van der Waals surface area contributed by atoms with E-state index >= 15 is 0 Å². The summed E-state index contributed by atoms with van der Waals surface area (Å²) in [5, 5.41) is 0. The van der Waals surface area contributed by atoms with E-state index in [4.69, 9.17) is 84.5 Å². The van der Waals surface area contributed by atoms with Crippen LogP contribution in [0.4, 0.5) is 0 Å². The maximum absolute atomic E-state index is 8.49. The van der Waals surface area contributed by atoms with Gasteiger partial charge in [-0.25, -0.2) is 84.5 Å². The fourth-order valence-corrected chi connectivity index (χ4v) is 4.64. The van der Waals surface area contributed by atoms with Crippen LogP contribution in [0.1, 0.15) is 45.8 Å². The van der Waals surface area contributed by atoms with Gasteiger partial charge >= 0.3 is 34.1 Å². The van der Waals surface area contributed by atoms with Crippen LogP contribution in [-0.4, -0.2) is 63.7 Å². The van der Waals surface area contributed by atoms with Crippen molar-refractivity contribution >= 4 is 0 Å². The summed E-state index contributed by atoms with van der Waals surface area (Å²) in [6.45, 7) is 9.08. The smallest absolute Gasteiger partial charge is 0.457 e. The van der Waals surface area contributed by atoms with Gasteiger partial charge in [-0.15, -0.1) is 41.0 Å². The summed E-state index contributed by atoms with van der Waals surface area (Å²) < 4.78 is 136. The van der Waals surface area contributed by atoms with Crippen molar-refractivity contribution in [2.75, 3.05) is 13.1 Å². The van der Waals surface area contributed by atoms with Gasteiger partial charge < -0.3 is 42.8 Å². The number of nitrogens with one attached hydrogen (secondary N) is 2. The predicted molar refractivity (Wildman–Crippen MR) is 157 cm³/mol. The SMILES string of the molecule is Cc1nc2c([nH]1)CN(CCc1ccccn1)Cc1nc(C)[nH]c1CN(CCc1ccccn1)C2.O.O.[Cu+2].[Cu+2].[O-][Cl+3]([O-])([O-])[O-].[O-][Cl+3]([O-])([O-])[O-].[O-][Cl+3]([O-])([O-])[O-].[O-][Cl+3]([O-])([O-])[O-].[OH3+].[OH3+].[OH3+].[OH3+]. The van der Waals surface area contributed by atoms with E-state index in [-0.39, 0.29) is 67.0 Å². The molecule has 0 unspecified atom stereocenters. The Labute approximate surface area is 381 Å². The zero-order chi connectivity index (χ0) is 41.3. The molecule has 0 aliphatic carbocycles. The fourth-order valence-electron chi connectivity index (χ4n) is 4.64. The number of pyridine rings is 2. The molecule has 62 heavy (non-hydrogen) atoms. The van der Waals surface area contributed by atoms with Crippen LogP contribution in [0, 0.1) is 54.8 Å². The molecule has 0 amide bonds. The van der Waals surface area contributed by atoms with Gasteiger partial charge in [-0.2, -0.15) is 0 Å². The number of imidazole rings is 2. The minimum atomic E-state index is -4.94. The van der Waals surface area contributed by atoms with Crippen molar-refractivity contribution < 1.29 is 183 Å². The van der Waals surface area contributed by atoms with E-state index in [2.05, 4.69) is 54.0 Å². The van der Waals surface area contributed by atoms with Gasteiger partial charge in [-0.3, -0.25) is 19.8 Å². The molecule has 30 nitrogen and oxygen atoms in total. The van der Waals surface area contributed by atoms with Gasteiger partial charge in [0.2, 0.25) is 0 Å². The molecular weight excluding hydrogens is 1050 g/mol. The molecule has 0 bridgehead atoms. The van der Waals surface area contributed by atoms with Crippen LogP contribution >= 0.6 is 0 Å². The number of rotatable bonds is 6. The van der Waals surface area contributed by atoms with E-state index in [9.17, 15) is 0 Å². The third-order valence-electron chi connectivity index (χ3n) is 6.30. The summed E-state index contributed by atoms with van der Waals surface area (Å²) in [4.78, 5) is 30.7. The normalized spacial score (nSPS) is 12.2. The number of hydrogen-bond donors (Lipinski definition) is 2. The van der Waals surface area contributed by atoms with Crippen molar-refractivity contribution in [3.8, 4) is 0 Å². The number of halogens is 4. The molecule has 36 heteroatoms. The summed E-state index contributed by atoms with van der Waals surface area (Å²) in [5.41, 5.74) is 6.86. The molecule has 1 aliphatic rings. The van der Waals surface area contributed by atoms with Crippen LogP contribution in [-0.2, 0) is 95.1 Å². The third-order valence-corrected chi connectivity index (χ3v) is 6.30. The molecule has 5 heterocycles. The average Bonchev–Trinajstić information content (AvgIpc) is 3.51. The standard InChI is InChI=1S/C26H32N8.4ClHO4.2Cu.6H2O/c1-19-29-23-15-33(13-9-21-7-3-5-11-27-21)17-25-26(32-20(2)31-25)18-34(16-24(23)30-19)14-10-22-8-4-6-12-28-22;4*2-1(3,4)5;;;;;;;;/h3-8,11-12H,9-10,13-18H2,1-2H3,(H,29,30)(H,31,32);4*(H,2,3,4,5);;;6*1H2/q;;;;;2*+2;;;;;;. The van der Waals surface area contributed by atoms with Gasteiger partial charge in [0.25, 0.3) is 0 Å². The van der Waals surface area contributed by atoms with Crippen LogP contribution in [0.25, 0.3) is 0 Å². The van der Waals surface area contributed by atoms with Gasteiger partial charge in [0, 0.05) is 75.9 Å². The molecule has 0 fully saturated rings. The quantitative estimate of drug-likeness (QED) is 0.134. The second kappa shape index (κ2) is 36.2. The van der Waals surface area contributed by atoms with Crippen molar-refractivity contribution in [3.63, 3.8) is 0 Å². The van der Waals surface area contributed by atoms with Crippen molar-refractivity contribution in [1.29, 1.82) is 0 Å². The van der Waals surface area contributed by atoms with E-state index < -0.39 is 41.0 Å². The van der Waals surface area contributed by atoms with Crippen molar-refractivity contribution in [1.82, 2.24) is 39.7 Å². The maximum atomic E-state index is 8.49. The third kappa shape index (κ3) is 46.0. The molecule has 0 saturated carbocycles. The van der Waals surface area contributed by atoms with Crippen molar-refractivity contribution in [3.05, 3.63) is 94.6 Å². The summed E-state index contributed by atoms with van der Waals surface area (Å²) in [6, 6.07) is 12.2. The number of nitrogens with zero attached hydrogens (tertiary/aromatic N) is 6. The Balaban J connectivity index is -0.000000147. The van der Waals surface area contributed by atoms with Crippen molar-refractivity contribution in [2.24, 2.45) is 0 Å². The molecule has 4 aromatic heterocycles. The van der Waals surface area contributed by atoms with Gasteiger partial charge in [0.05, 0.1) is 22.8 Å². The van der Waals surface area contributed by atoms with Crippen LogP contribution in [0.5, 0.6) is 0 Å². The Morgan fingerprint density at radius 2 is 0.742 bits per heavy atom. The number of aromatic amines is 2. The minimum Gasteiger partial charge on any atom is -0.457 e. The first-order valence-corrected chi connectivity index (χ1v) is 19.4. The zero-order valence-electron chi connectivity index (χ0n) is 31.9. The predicted octanol–water partition coefficient (Wildman–Crippen LogP) is -21.0. The van der Waals surface area contributed by atoms with E-state index in [0.717, 1.165) is 86.5 Å². The number of H-pyrrole nitrogens is 2. The van der Waals surface area contributed by atoms with Gasteiger partial charge in [0.15, 0.2) is 0 Å². The number of aryl methyl sites for hydroxylation is 2. The average molecular weight is 1090 g/mol. The molecule has 0 saturated heterocycles. The Kier molecular flexibility index (Phi) is 45.1. The number of fused-ring (bicyclic) bond motifs is 2. The Morgan fingerprint density at radius 1 is 0.484 bits per heavy atom. The molecule has 2 radical (unpaired) electrons. The van der Waals surface area contributed by atoms with Crippen molar-refractivity contribution in [2.45, 2.75) is 52.9 Å². The summed E-state index contributed by atoms with van der Waals surface area (Å²) in [7, 11) is -19.8. The van der Waals surface area contributed by atoms with Crippen LogP contribution in [0.3, 0.4) is 0 Å². The molecule has 1 aliphatic heterocycles. The van der Waals surface area contributed by atoms with E-state index in [1.165, 1.54) is 11.4 Å². The minimum absolute atomic E-state index is 0. The molecular formula is C26H48Cl4Cu2N8O22+4. The molecule has 4 aromatic rings. The summed E-state index contributed by atoms with van der Waals surface area (Å²) >= 11 is 0. The molecule has 0 spiro atoms. The molecule has 370 valence electrons. The van der Waals surface area contributed by atoms with Crippen LogP contribution in [0.15, 0.2) is 48.8 Å². The summed E-state index contributed by atoms with van der Waals surface area (Å²) in [6.07, 6.45) is 5.53. The zero-order valence-corrected chi connectivity index (χ0v) is 36.8. The first kappa shape index (κ1) is 77.2. The molecule has 0 aromatic carbocycles. The maximum Gasteiger partial charge on any atom is 2.00 e. The molecule has 5 rings (SSSR count). The monoisotopic (exact) mass is 1090 g/mol.